The number of carbonyl (C=O) groups is 1. The zero-order valence-electron chi connectivity index (χ0n) is 15.1. The molecule has 1 amide bonds. The van der Waals surface area contributed by atoms with Crippen molar-refractivity contribution >= 4 is 11.6 Å². The Balaban J connectivity index is 2.00. The Labute approximate surface area is 154 Å². The first-order valence-corrected chi connectivity index (χ1v) is 8.77. The predicted octanol–water partition coefficient (Wildman–Crippen LogP) is 0.338. The van der Waals surface area contributed by atoms with E-state index >= 15 is 0 Å². The minimum Gasteiger partial charge on any atom is -0.395 e. The molecule has 7 nitrogen and oxygen atoms in total. The van der Waals surface area contributed by atoms with Gasteiger partial charge in [-0.05, 0) is 24.6 Å². The van der Waals surface area contributed by atoms with E-state index in [2.05, 4.69) is 30.0 Å². The van der Waals surface area contributed by atoms with E-state index in [4.69, 9.17) is 10.2 Å². The molecule has 0 saturated carbocycles. The zero-order chi connectivity index (χ0) is 18.9. The third-order valence-corrected chi connectivity index (χ3v) is 4.37. The molecule has 26 heavy (non-hydrogen) atoms. The largest absolute Gasteiger partial charge is 0.395 e. The van der Waals surface area contributed by atoms with Gasteiger partial charge in [0.1, 0.15) is 11.6 Å². The summed E-state index contributed by atoms with van der Waals surface area (Å²) in [5, 5.41) is 27.4. The summed E-state index contributed by atoms with van der Waals surface area (Å²) in [5.74, 6) is -0.461. The van der Waals surface area contributed by atoms with Gasteiger partial charge in [0.05, 0.1) is 13.2 Å². The minimum atomic E-state index is -0.461. The summed E-state index contributed by atoms with van der Waals surface area (Å²) in [6.07, 6.45) is 1.59. The predicted molar refractivity (Wildman–Crippen MR) is 99.4 cm³/mol. The molecule has 0 atom stereocenters. The van der Waals surface area contributed by atoms with Gasteiger partial charge >= 0.3 is 0 Å². The van der Waals surface area contributed by atoms with Gasteiger partial charge in [0, 0.05) is 51.2 Å². The standard InChI is InChI=1S/C19H26N4O3/c1-16-3-2-4-18(13-16)22-7-5-21(6-8-22)15-17(14-20)19(26)23(9-11-24)10-12-25/h2-4,13,15,24-25H,5-12H2,1H3/b17-15-. The number of aryl methyl sites for hydroxylation is 1. The lowest BCUT2D eigenvalue weighted by atomic mass is 10.2. The van der Waals surface area contributed by atoms with Crippen LogP contribution in [0.5, 0.6) is 0 Å². The van der Waals surface area contributed by atoms with Crippen LogP contribution in [-0.4, -0.2) is 78.4 Å². The maximum atomic E-state index is 12.4. The quantitative estimate of drug-likeness (QED) is 0.539. The second-order valence-corrected chi connectivity index (χ2v) is 6.26. The Hall–Kier alpha value is -2.56. The molecule has 0 aliphatic carbocycles. The number of hydrogen-bond donors (Lipinski definition) is 2. The van der Waals surface area contributed by atoms with Crippen molar-refractivity contribution in [2.45, 2.75) is 6.92 Å². The van der Waals surface area contributed by atoms with Gasteiger partial charge in [-0.25, -0.2) is 0 Å². The van der Waals surface area contributed by atoms with Gasteiger partial charge in [0.15, 0.2) is 0 Å². The molecule has 1 aliphatic rings. The monoisotopic (exact) mass is 358 g/mol. The number of benzene rings is 1. The molecule has 0 bridgehead atoms. The average Bonchev–Trinajstić information content (AvgIpc) is 2.66. The van der Waals surface area contributed by atoms with Gasteiger partial charge in [-0.2, -0.15) is 5.26 Å². The summed E-state index contributed by atoms with van der Waals surface area (Å²) < 4.78 is 0. The van der Waals surface area contributed by atoms with Crippen molar-refractivity contribution in [2.24, 2.45) is 0 Å². The Morgan fingerprint density at radius 2 is 1.88 bits per heavy atom. The third-order valence-electron chi connectivity index (χ3n) is 4.37. The zero-order valence-corrected chi connectivity index (χ0v) is 15.1. The number of carbonyl (C=O) groups excluding carboxylic acids is 1. The van der Waals surface area contributed by atoms with Gasteiger partial charge in [-0.1, -0.05) is 12.1 Å². The van der Waals surface area contributed by atoms with Crippen LogP contribution >= 0.6 is 0 Å². The SMILES string of the molecule is Cc1cccc(N2CCN(/C=C(/C#N)C(=O)N(CCO)CCO)CC2)c1. The second kappa shape index (κ2) is 9.80. The molecule has 140 valence electrons. The Kier molecular flexibility index (Phi) is 7.45. The summed E-state index contributed by atoms with van der Waals surface area (Å²) in [5.41, 5.74) is 2.42. The molecule has 0 radical (unpaired) electrons. The Morgan fingerprint density at radius 1 is 1.23 bits per heavy atom. The van der Waals surface area contributed by atoms with Crippen LogP contribution in [0.25, 0.3) is 0 Å². The molecule has 1 aromatic carbocycles. The topological polar surface area (TPSA) is 91.0 Å². The highest BCUT2D eigenvalue weighted by Crippen LogP contribution is 2.18. The molecule has 1 aromatic rings. The molecule has 2 rings (SSSR count). The van der Waals surface area contributed by atoms with Gasteiger partial charge in [0.25, 0.3) is 5.91 Å². The molecular weight excluding hydrogens is 332 g/mol. The van der Waals surface area contributed by atoms with Crippen molar-refractivity contribution in [1.82, 2.24) is 9.80 Å². The number of piperazine rings is 1. The molecule has 1 saturated heterocycles. The number of nitrogens with zero attached hydrogens (tertiary/aromatic N) is 4. The first kappa shape index (κ1) is 19.8. The number of rotatable bonds is 7. The molecule has 1 aliphatic heterocycles. The lowest BCUT2D eigenvalue weighted by molar-refractivity contribution is -0.127. The Bertz CT molecular complexity index is 670. The van der Waals surface area contributed by atoms with Crippen molar-refractivity contribution in [2.75, 3.05) is 57.4 Å². The fourth-order valence-electron chi connectivity index (χ4n) is 2.98. The number of hydrogen-bond acceptors (Lipinski definition) is 6. The summed E-state index contributed by atoms with van der Waals surface area (Å²) in [4.78, 5) is 18.0. The van der Waals surface area contributed by atoms with Crippen molar-refractivity contribution < 1.29 is 15.0 Å². The molecule has 7 heteroatoms. The summed E-state index contributed by atoms with van der Waals surface area (Å²) in [6, 6.07) is 10.3. The highest BCUT2D eigenvalue weighted by atomic mass is 16.3. The van der Waals surface area contributed by atoms with E-state index in [-0.39, 0.29) is 31.9 Å². The smallest absolute Gasteiger partial charge is 0.266 e. The number of aliphatic hydroxyl groups is 2. The summed E-state index contributed by atoms with van der Waals surface area (Å²) >= 11 is 0. The lowest BCUT2D eigenvalue weighted by Gasteiger charge is -2.36. The van der Waals surface area contributed by atoms with Gasteiger partial charge in [-0.15, -0.1) is 0 Å². The molecule has 1 heterocycles. The normalized spacial score (nSPS) is 14.9. The molecule has 0 unspecified atom stereocenters. The summed E-state index contributed by atoms with van der Waals surface area (Å²) in [7, 11) is 0. The second-order valence-electron chi connectivity index (χ2n) is 6.26. The van der Waals surface area contributed by atoms with Gasteiger partial charge in [0.2, 0.25) is 0 Å². The van der Waals surface area contributed by atoms with Crippen molar-refractivity contribution in [3.63, 3.8) is 0 Å². The fourth-order valence-corrected chi connectivity index (χ4v) is 2.98. The minimum absolute atomic E-state index is 0.0240. The van der Waals surface area contributed by atoms with Crippen LogP contribution in [-0.2, 0) is 4.79 Å². The number of nitriles is 1. The molecule has 0 aromatic heterocycles. The van der Waals surface area contributed by atoms with Crippen molar-refractivity contribution in [3.8, 4) is 6.07 Å². The van der Waals surface area contributed by atoms with Crippen LogP contribution in [0.15, 0.2) is 36.0 Å². The van der Waals surface area contributed by atoms with E-state index in [0.29, 0.717) is 13.1 Å². The van der Waals surface area contributed by atoms with Crippen LogP contribution in [0.2, 0.25) is 0 Å². The lowest BCUT2D eigenvalue weighted by Crippen LogP contribution is -2.44. The highest BCUT2D eigenvalue weighted by molar-refractivity contribution is 5.97. The first-order chi connectivity index (χ1) is 12.6. The van der Waals surface area contributed by atoms with E-state index < -0.39 is 5.91 Å². The number of amides is 1. The first-order valence-electron chi connectivity index (χ1n) is 8.77. The third kappa shape index (κ3) is 5.22. The molecule has 1 fully saturated rings. The van der Waals surface area contributed by atoms with Crippen LogP contribution < -0.4 is 4.90 Å². The van der Waals surface area contributed by atoms with E-state index in [1.54, 1.807) is 6.20 Å². The fraction of sp³-hybridized carbons (Fsp3) is 0.474. The van der Waals surface area contributed by atoms with Crippen molar-refractivity contribution in [1.29, 1.82) is 5.26 Å². The molecule has 0 spiro atoms. The maximum absolute atomic E-state index is 12.4. The number of aliphatic hydroxyl groups excluding tert-OH is 2. The average molecular weight is 358 g/mol. The van der Waals surface area contributed by atoms with Gasteiger partial charge < -0.3 is 24.9 Å². The number of anilines is 1. The summed E-state index contributed by atoms with van der Waals surface area (Å²) in [6.45, 7) is 4.89. The van der Waals surface area contributed by atoms with Gasteiger partial charge in [-0.3, -0.25) is 4.79 Å². The van der Waals surface area contributed by atoms with Crippen LogP contribution in [0, 0.1) is 18.3 Å². The van der Waals surface area contributed by atoms with E-state index in [1.807, 2.05) is 17.0 Å². The van der Waals surface area contributed by atoms with Crippen LogP contribution in [0.4, 0.5) is 5.69 Å². The van der Waals surface area contributed by atoms with E-state index in [0.717, 1.165) is 13.1 Å². The molecule has 2 N–H and O–H groups in total. The highest BCUT2D eigenvalue weighted by Gasteiger charge is 2.21. The molecular formula is C19H26N4O3. The van der Waals surface area contributed by atoms with Crippen LogP contribution in [0.1, 0.15) is 5.56 Å². The maximum Gasteiger partial charge on any atom is 0.266 e. The van der Waals surface area contributed by atoms with Crippen LogP contribution in [0.3, 0.4) is 0 Å². The van der Waals surface area contributed by atoms with E-state index in [1.165, 1.54) is 16.2 Å². The van der Waals surface area contributed by atoms with E-state index in [9.17, 15) is 10.1 Å². The Morgan fingerprint density at radius 3 is 2.42 bits per heavy atom. The van der Waals surface area contributed by atoms with Crippen molar-refractivity contribution in [3.05, 3.63) is 41.6 Å².